The van der Waals surface area contributed by atoms with E-state index in [0.29, 0.717) is 16.8 Å². The maximum atomic E-state index is 12.1. The zero-order valence-electron chi connectivity index (χ0n) is 13.9. The highest BCUT2D eigenvalue weighted by Gasteiger charge is 2.22. The molecule has 0 aliphatic carbocycles. The van der Waals surface area contributed by atoms with Crippen LogP contribution in [0.25, 0.3) is 5.69 Å². The first-order chi connectivity index (χ1) is 11.2. The number of hydrogen-bond acceptors (Lipinski definition) is 5. The van der Waals surface area contributed by atoms with Crippen molar-refractivity contribution >= 4 is 11.7 Å². The van der Waals surface area contributed by atoms with E-state index in [9.17, 15) is 9.90 Å². The number of aliphatic hydroxyl groups excluding tert-OH is 1. The molecule has 0 bridgehead atoms. The highest BCUT2D eigenvalue weighted by atomic mass is 16.3. The zero-order chi connectivity index (χ0) is 17.9. The predicted molar refractivity (Wildman–Crippen MR) is 90.5 cm³/mol. The summed E-state index contributed by atoms with van der Waals surface area (Å²) in [5.74, 6) is -0.0148. The summed E-state index contributed by atoms with van der Waals surface area (Å²) in [5.41, 5.74) is 6.95. The van der Waals surface area contributed by atoms with Crippen molar-refractivity contribution in [3.05, 3.63) is 41.6 Å². The van der Waals surface area contributed by atoms with Gasteiger partial charge in [-0.05, 0) is 29.7 Å². The Hall–Kier alpha value is -2.85. The summed E-state index contributed by atoms with van der Waals surface area (Å²) in [5, 5.41) is 25.6. The Kier molecular flexibility index (Phi) is 4.90. The van der Waals surface area contributed by atoms with Crippen molar-refractivity contribution in [3.63, 3.8) is 0 Å². The third kappa shape index (κ3) is 3.73. The largest absolute Gasteiger partial charge is 0.391 e. The predicted octanol–water partition coefficient (Wildman–Crippen LogP) is 1.46. The molecule has 7 nitrogen and oxygen atoms in total. The zero-order valence-corrected chi connectivity index (χ0v) is 13.9. The lowest BCUT2D eigenvalue weighted by molar-refractivity contribution is 0.0587. The number of aromatic nitrogens is 2. The normalized spacial score (nSPS) is 12.5. The number of nitrogen functional groups attached to an aromatic ring is 1. The standard InChI is InChI=1S/C17H21N5O2/c1-17(2,3)14(23)10-20-16(24)11-4-6-13(7-5-11)22-15(19)12(8-18)9-21-22/h4-7,9,14,23H,10,19H2,1-3H3,(H,20,24). The number of carbonyl (C=O) groups excluding carboxylic acids is 1. The van der Waals surface area contributed by atoms with Crippen LogP contribution in [0.15, 0.2) is 30.5 Å². The van der Waals surface area contributed by atoms with Gasteiger partial charge >= 0.3 is 0 Å². The summed E-state index contributed by atoms with van der Waals surface area (Å²) in [6.07, 6.45) is 0.762. The number of rotatable bonds is 4. The minimum atomic E-state index is -0.631. The molecular weight excluding hydrogens is 306 g/mol. The number of nitrogens with zero attached hydrogens (tertiary/aromatic N) is 3. The molecule has 0 saturated carbocycles. The monoisotopic (exact) mass is 327 g/mol. The van der Waals surface area contributed by atoms with Crippen LogP contribution in [0.2, 0.25) is 0 Å². The average Bonchev–Trinajstić information content (AvgIpc) is 2.92. The Balaban J connectivity index is 2.08. The van der Waals surface area contributed by atoms with Crippen molar-refractivity contribution in [1.82, 2.24) is 15.1 Å². The van der Waals surface area contributed by atoms with Crippen LogP contribution >= 0.6 is 0 Å². The maximum Gasteiger partial charge on any atom is 0.251 e. The highest BCUT2D eigenvalue weighted by molar-refractivity contribution is 5.94. The number of hydrogen-bond donors (Lipinski definition) is 3. The first-order valence-electron chi connectivity index (χ1n) is 7.54. The fourth-order valence-electron chi connectivity index (χ4n) is 2.00. The number of nitrogens with one attached hydrogen (secondary N) is 1. The molecule has 24 heavy (non-hydrogen) atoms. The van der Waals surface area contributed by atoms with Gasteiger partial charge in [0, 0.05) is 12.1 Å². The average molecular weight is 327 g/mol. The van der Waals surface area contributed by atoms with E-state index in [-0.39, 0.29) is 23.7 Å². The van der Waals surface area contributed by atoms with Gasteiger partial charge in [-0.1, -0.05) is 20.8 Å². The molecule has 0 aliphatic heterocycles. The lowest BCUT2D eigenvalue weighted by Gasteiger charge is -2.25. The third-order valence-electron chi connectivity index (χ3n) is 3.76. The molecular formula is C17H21N5O2. The van der Waals surface area contributed by atoms with Gasteiger partial charge in [0.15, 0.2) is 0 Å². The van der Waals surface area contributed by atoms with Crippen molar-refractivity contribution in [1.29, 1.82) is 5.26 Å². The van der Waals surface area contributed by atoms with Gasteiger partial charge in [-0.3, -0.25) is 4.79 Å². The van der Waals surface area contributed by atoms with Gasteiger partial charge in [-0.2, -0.15) is 10.4 Å². The van der Waals surface area contributed by atoms with Crippen LogP contribution in [0.5, 0.6) is 0 Å². The second kappa shape index (κ2) is 6.72. The molecule has 1 heterocycles. The highest BCUT2D eigenvalue weighted by Crippen LogP contribution is 2.19. The van der Waals surface area contributed by atoms with Crippen LogP contribution in [0.3, 0.4) is 0 Å². The number of amides is 1. The number of aliphatic hydroxyl groups is 1. The molecule has 1 amide bonds. The van der Waals surface area contributed by atoms with Crippen molar-refractivity contribution in [2.45, 2.75) is 26.9 Å². The van der Waals surface area contributed by atoms with Crippen molar-refractivity contribution in [3.8, 4) is 11.8 Å². The smallest absolute Gasteiger partial charge is 0.251 e. The summed E-state index contributed by atoms with van der Waals surface area (Å²) in [4.78, 5) is 12.1. The molecule has 126 valence electrons. The lowest BCUT2D eigenvalue weighted by Crippen LogP contribution is -2.39. The quantitative estimate of drug-likeness (QED) is 0.786. The fourth-order valence-corrected chi connectivity index (χ4v) is 2.00. The van der Waals surface area contributed by atoms with Crippen LogP contribution in [-0.2, 0) is 0 Å². The molecule has 0 aliphatic rings. The molecule has 7 heteroatoms. The van der Waals surface area contributed by atoms with Gasteiger partial charge in [0.05, 0.1) is 18.0 Å². The van der Waals surface area contributed by atoms with Crippen LogP contribution in [0.1, 0.15) is 36.7 Å². The molecule has 1 aromatic carbocycles. The van der Waals surface area contributed by atoms with E-state index in [1.54, 1.807) is 24.3 Å². The SMILES string of the molecule is CC(C)(C)C(O)CNC(=O)c1ccc(-n2ncc(C#N)c2N)cc1. The van der Waals surface area contributed by atoms with Gasteiger partial charge < -0.3 is 16.2 Å². The van der Waals surface area contributed by atoms with E-state index >= 15 is 0 Å². The first-order valence-corrected chi connectivity index (χ1v) is 7.54. The van der Waals surface area contributed by atoms with E-state index in [4.69, 9.17) is 11.0 Å². The molecule has 1 unspecified atom stereocenters. The molecule has 0 spiro atoms. The van der Waals surface area contributed by atoms with E-state index in [2.05, 4.69) is 10.4 Å². The maximum absolute atomic E-state index is 12.1. The van der Waals surface area contributed by atoms with E-state index in [1.165, 1.54) is 10.9 Å². The Bertz CT molecular complexity index is 766. The van der Waals surface area contributed by atoms with Gasteiger partial charge in [0.2, 0.25) is 0 Å². The third-order valence-corrected chi connectivity index (χ3v) is 3.76. The molecule has 1 atom stereocenters. The minimum Gasteiger partial charge on any atom is -0.391 e. The van der Waals surface area contributed by atoms with E-state index in [1.807, 2.05) is 26.8 Å². The van der Waals surface area contributed by atoms with Crippen LogP contribution < -0.4 is 11.1 Å². The molecule has 2 rings (SSSR count). The molecule has 0 radical (unpaired) electrons. The van der Waals surface area contributed by atoms with Gasteiger partial charge in [0.25, 0.3) is 5.91 Å². The lowest BCUT2D eigenvalue weighted by atomic mass is 9.89. The van der Waals surface area contributed by atoms with Gasteiger partial charge in [-0.15, -0.1) is 0 Å². The number of benzene rings is 1. The summed E-state index contributed by atoms with van der Waals surface area (Å²) >= 11 is 0. The second-order valence-corrected chi connectivity index (χ2v) is 6.61. The summed E-state index contributed by atoms with van der Waals surface area (Å²) in [6.45, 7) is 5.90. The van der Waals surface area contributed by atoms with Gasteiger partial charge in [0.1, 0.15) is 17.5 Å². The molecule has 1 aromatic heterocycles. The Morgan fingerprint density at radius 2 is 2.04 bits per heavy atom. The van der Waals surface area contributed by atoms with Crippen LogP contribution in [0, 0.1) is 16.7 Å². The number of nitrogens with two attached hydrogens (primary N) is 1. The van der Waals surface area contributed by atoms with Crippen LogP contribution in [-0.4, -0.2) is 33.4 Å². The minimum absolute atomic E-state index is 0.182. The van der Waals surface area contributed by atoms with Crippen molar-refractivity contribution in [2.24, 2.45) is 5.41 Å². The number of carbonyl (C=O) groups is 1. The first kappa shape index (κ1) is 17.5. The number of nitriles is 1. The second-order valence-electron chi connectivity index (χ2n) is 6.61. The molecule has 4 N–H and O–H groups in total. The van der Waals surface area contributed by atoms with Crippen molar-refractivity contribution < 1.29 is 9.90 Å². The van der Waals surface area contributed by atoms with E-state index in [0.717, 1.165) is 0 Å². The van der Waals surface area contributed by atoms with E-state index < -0.39 is 6.10 Å². The fraction of sp³-hybridized carbons (Fsp3) is 0.353. The summed E-state index contributed by atoms with van der Waals surface area (Å²) in [7, 11) is 0. The Morgan fingerprint density at radius 1 is 1.42 bits per heavy atom. The summed E-state index contributed by atoms with van der Waals surface area (Å²) < 4.78 is 1.43. The Labute approximate surface area is 140 Å². The number of anilines is 1. The molecule has 2 aromatic rings. The van der Waals surface area contributed by atoms with Gasteiger partial charge in [-0.25, -0.2) is 4.68 Å². The molecule has 0 saturated heterocycles. The molecule has 0 fully saturated rings. The topological polar surface area (TPSA) is 117 Å². The van der Waals surface area contributed by atoms with Crippen LogP contribution in [0.4, 0.5) is 5.82 Å². The Morgan fingerprint density at radius 3 is 2.54 bits per heavy atom. The summed E-state index contributed by atoms with van der Waals surface area (Å²) in [6, 6.07) is 8.63. The van der Waals surface area contributed by atoms with Crippen molar-refractivity contribution in [2.75, 3.05) is 12.3 Å².